The molecule has 1 saturated heterocycles. The molecule has 7 nitrogen and oxygen atoms in total. The summed E-state index contributed by atoms with van der Waals surface area (Å²) in [4.78, 5) is 28.4. The molecule has 2 aliphatic heterocycles. The molecule has 9 heteroatoms. The summed E-state index contributed by atoms with van der Waals surface area (Å²) >= 11 is 8.08. The molecule has 1 fully saturated rings. The van der Waals surface area contributed by atoms with Gasteiger partial charge in [-0.05, 0) is 54.2 Å². The van der Waals surface area contributed by atoms with Gasteiger partial charge in [-0.15, -0.1) is 0 Å². The predicted molar refractivity (Wildman–Crippen MR) is 134 cm³/mol. The molecule has 4 rings (SSSR count). The number of anilines is 4. The van der Waals surface area contributed by atoms with E-state index in [0.29, 0.717) is 22.9 Å². The van der Waals surface area contributed by atoms with Crippen LogP contribution in [-0.4, -0.2) is 34.7 Å². The zero-order valence-electron chi connectivity index (χ0n) is 18.0. The molecule has 0 atom stereocenters. The van der Waals surface area contributed by atoms with Crippen molar-refractivity contribution in [2.75, 3.05) is 32.8 Å². The molecular weight excluding hydrogens is 446 g/mol. The Labute approximate surface area is 196 Å². The van der Waals surface area contributed by atoms with Crippen LogP contribution in [-0.2, 0) is 16.1 Å². The highest BCUT2D eigenvalue weighted by molar-refractivity contribution is 7.99. The third-order valence-corrected chi connectivity index (χ3v) is 6.74. The van der Waals surface area contributed by atoms with E-state index in [2.05, 4.69) is 21.3 Å². The summed E-state index contributed by atoms with van der Waals surface area (Å²) in [6, 6.07) is 11.4. The first-order valence-corrected chi connectivity index (χ1v) is 12.0. The first-order chi connectivity index (χ1) is 15.3. The molecule has 0 bridgehead atoms. The Bertz CT molecular complexity index is 1080. The molecule has 1 spiro atoms. The number of fused-ring (bicyclic) bond motifs is 1. The van der Waals surface area contributed by atoms with Crippen molar-refractivity contribution in [1.29, 1.82) is 0 Å². The number of nitrogens with one attached hydrogen (secondary N) is 4. The molecule has 0 saturated carbocycles. The van der Waals surface area contributed by atoms with E-state index in [-0.39, 0.29) is 17.4 Å². The largest absolute Gasteiger partial charge is 0.371 e. The first-order valence-electron chi connectivity index (χ1n) is 10.5. The molecule has 0 unspecified atom stereocenters. The summed E-state index contributed by atoms with van der Waals surface area (Å²) in [5, 5.41) is 13.5. The minimum Gasteiger partial charge on any atom is -0.371 e. The van der Waals surface area contributed by atoms with E-state index in [1.807, 2.05) is 48.2 Å². The molecule has 0 radical (unpaired) electrons. The quantitative estimate of drug-likeness (QED) is 0.505. The van der Waals surface area contributed by atoms with Gasteiger partial charge in [0.2, 0.25) is 11.8 Å². The summed E-state index contributed by atoms with van der Waals surface area (Å²) in [6.45, 7) is 3.40. The van der Waals surface area contributed by atoms with E-state index < -0.39 is 0 Å². The Morgan fingerprint density at radius 1 is 1.06 bits per heavy atom. The van der Waals surface area contributed by atoms with Crippen LogP contribution in [0, 0.1) is 0 Å². The smallest absolute Gasteiger partial charge is 0.221 e. The van der Waals surface area contributed by atoms with Gasteiger partial charge < -0.3 is 21.3 Å². The lowest BCUT2D eigenvalue weighted by atomic mass is 9.87. The molecule has 2 aliphatic rings. The third-order valence-electron chi connectivity index (χ3n) is 5.51. The van der Waals surface area contributed by atoms with E-state index in [0.717, 1.165) is 47.1 Å². The Kier molecular flexibility index (Phi) is 6.62. The van der Waals surface area contributed by atoms with Crippen molar-refractivity contribution < 1.29 is 9.59 Å². The minimum atomic E-state index is -0.306. The van der Waals surface area contributed by atoms with E-state index in [1.165, 1.54) is 13.8 Å². The molecule has 0 aliphatic carbocycles. The normalized spacial score (nSPS) is 17.8. The van der Waals surface area contributed by atoms with Crippen molar-refractivity contribution in [2.45, 2.75) is 38.8 Å². The van der Waals surface area contributed by atoms with Crippen LogP contribution < -0.4 is 21.3 Å². The highest BCUT2D eigenvalue weighted by atomic mass is 35.5. The van der Waals surface area contributed by atoms with Crippen LogP contribution in [0.1, 0.15) is 32.3 Å². The van der Waals surface area contributed by atoms with Crippen molar-refractivity contribution >= 4 is 63.8 Å². The number of rotatable bonds is 4. The molecule has 2 heterocycles. The van der Waals surface area contributed by atoms with Crippen LogP contribution in [0.3, 0.4) is 0 Å². The highest BCUT2D eigenvalue weighted by Gasteiger charge is 2.41. The molecule has 4 N–H and O–H groups in total. The second-order valence-corrected chi connectivity index (χ2v) is 9.71. The standard InChI is InChI=1S/C23H26ClN5O2S/c1-14(30)26-18-11-20-21(12-19(18)27-15(2)31)29-23(6-8-32-9-7-23)22(28-20)25-13-16-4-3-5-17(24)10-16/h3-5,10-12,29H,6-9,13H2,1-2H3,(H,25,28)(H,26,30)(H,27,31). The van der Waals surface area contributed by atoms with E-state index in [9.17, 15) is 9.59 Å². The predicted octanol–water partition coefficient (Wildman–Crippen LogP) is 4.96. The fourth-order valence-electron chi connectivity index (χ4n) is 4.04. The Morgan fingerprint density at radius 2 is 1.72 bits per heavy atom. The number of amides is 2. The third kappa shape index (κ3) is 5.02. The van der Waals surface area contributed by atoms with E-state index >= 15 is 0 Å². The number of hydrogen-bond acceptors (Lipinski definition) is 5. The number of aliphatic imine (C=N–C) groups is 1. The molecule has 2 amide bonds. The zero-order valence-corrected chi connectivity index (χ0v) is 19.6. The molecule has 0 aromatic heterocycles. The van der Waals surface area contributed by atoms with Crippen molar-refractivity contribution in [3.63, 3.8) is 0 Å². The number of carbonyl (C=O) groups excluding carboxylic acids is 2. The second-order valence-electron chi connectivity index (χ2n) is 8.04. The SMILES string of the molecule is CC(=O)Nc1cc2c(cc1NC(C)=O)NC1(CCSCC1)C(=NCc1cccc(Cl)c1)N2. The van der Waals surface area contributed by atoms with Crippen molar-refractivity contribution in [3.05, 3.63) is 47.0 Å². The lowest BCUT2D eigenvalue weighted by Gasteiger charge is -2.44. The number of carbonyl (C=O) groups is 2. The van der Waals surface area contributed by atoms with Gasteiger partial charge in [0.1, 0.15) is 5.84 Å². The zero-order chi connectivity index (χ0) is 22.7. The Hall–Kier alpha value is -2.71. The van der Waals surface area contributed by atoms with Gasteiger partial charge in [-0.2, -0.15) is 11.8 Å². The second kappa shape index (κ2) is 9.42. The summed E-state index contributed by atoms with van der Waals surface area (Å²) in [6.07, 6.45) is 1.86. The van der Waals surface area contributed by atoms with Gasteiger partial charge in [-0.25, -0.2) is 0 Å². The number of thioether (sulfide) groups is 1. The lowest BCUT2D eigenvalue weighted by molar-refractivity contribution is -0.115. The van der Waals surface area contributed by atoms with Crippen molar-refractivity contribution in [2.24, 2.45) is 4.99 Å². The van der Waals surface area contributed by atoms with Crippen LogP contribution in [0.25, 0.3) is 0 Å². The van der Waals surface area contributed by atoms with Gasteiger partial charge in [0.05, 0.1) is 34.8 Å². The monoisotopic (exact) mass is 471 g/mol. The fraction of sp³-hybridized carbons (Fsp3) is 0.348. The Balaban J connectivity index is 1.72. The van der Waals surface area contributed by atoms with Crippen LogP contribution in [0.4, 0.5) is 22.7 Å². The van der Waals surface area contributed by atoms with Gasteiger partial charge in [-0.3, -0.25) is 14.6 Å². The van der Waals surface area contributed by atoms with Crippen LogP contribution in [0.2, 0.25) is 5.02 Å². The van der Waals surface area contributed by atoms with Gasteiger partial charge in [-0.1, -0.05) is 23.7 Å². The molecule has 2 aromatic rings. The first kappa shape index (κ1) is 22.5. The maximum Gasteiger partial charge on any atom is 0.221 e. The molecule has 2 aromatic carbocycles. The van der Waals surface area contributed by atoms with Gasteiger partial charge >= 0.3 is 0 Å². The average Bonchev–Trinajstić information content (AvgIpc) is 2.73. The maximum absolute atomic E-state index is 11.7. The average molecular weight is 472 g/mol. The van der Waals surface area contributed by atoms with Gasteiger partial charge in [0.15, 0.2) is 0 Å². The number of hydrogen-bond donors (Lipinski definition) is 4. The number of amidine groups is 1. The molecule has 168 valence electrons. The summed E-state index contributed by atoms with van der Waals surface area (Å²) in [5.41, 5.74) is 3.50. The van der Waals surface area contributed by atoms with Crippen LogP contribution >= 0.6 is 23.4 Å². The van der Waals surface area contributed by atoms with Crippen LogP contribution in [0.15, 0.2) is 41.4 Å². The highest BCUT2D eigenvalue weighted by Crippen LogP contribution is 2.42. The van der Waals surface area contributed by atoms with E-state index in [1.54, 1.807) is 0 Å². The van der Waals surface area contributed by atoms with Gasteiger partial charge in [0.25, 0.3) is 0 Å². The number of nitrogens with zero attached hydrogens (tertiary/aromatic N) is 1. The van der Waals surface area contributed by atoms with Crippen molar-refractivity contribution in [3.8, 4) is 0 Å². The van der Waals surface area contributed by atoms with E-state index in [4.69, 9.17) is 16.6 Å². The summed E-state index contributed by atoms with van der Waals surface area (Å²) in [7, 11) is 0. The lowest BCUT2D eigenvalue weighted by Crippen LogP contribution is -2.54. The number of benzene rings is 2. The maximum atomic E-state index is 11.7. The minimum absolute atomic E-state index is 0.201. The number of halogens is 1. The van der Waals surface area contributed by atoms with Crippen LogP contribution in [0.5, 0.6) is 0 Å². The van der Waals surface area contributed by atoms with Gasteiger partial charge in [0, 0.05) is 18.9 Å². The Morgan fingerprint density at radius 3 is 2.34 bits per heavy atom. The van der Waals surface area contributed by atoms with Crippen molar-refractivity contribution in [1.82, 2.24) is 0 Å². The topological polar surface area (TPSA) is 94.6 Å². The summed E-state index contributed by atoms with van der Waals surface area (Å²) < 4.78 is 0. The molecular formula is C23H26ClN5O2S. The molecule has 32 heavy (non-hydrogen) atoms. The summed E-state index contributed by atoms with van der Waals surface area (Å²) in [5.74, 6) is 2.53. The fourth-order valence-corrected chi connectivity index (χ4v) is 5.44.